The Bertz CT molecular complexity index is 1440. The molecular weight excluding hydrogens is 466 g/mol. The van der Waals surface area contributed by atoms with E-state index >= 15 is 0 Å². The van der Waals surface area contributed by atoms with E-state index in [1.165, 1.54) is 18.2 Å². The zero-order valence-electron chi connectivity index (χ0n) is 19.8. The minimum atomic E-state index is -1.46. The van der Waals surface area contributed by atoms with Gasteiger partial charge in [0.1, 0.15) is 35.1 Å². The number of phenols is 1. The van der Waals surface area contributed by atoms with Gasteiger partial charge in [-0.05, 0) is 57.2 Å². The lowest BCUT2D eigenvalue weighted by Gasteiger charge is -2.39. The van der Waals surface area contributed by atoms with E-state index < -0.39 is 23.5 Å². The van der Waals surface area contributed by atoms with Crippen molar-refractivity contribution >= 4 is 28.6 Å². The Kier molecular flexibility index (Phi) is 5.35. The minimum Gasteiger partial charge on any atom is -0.507 e. The number of esters is 1. The summed E-state index contributed by atoms with van der Waals surface area (Å²) >= 11 is 0. The maximum absolute atomic E-state index is 12.4. The van der Waals surface area contributed by atoms with Crippen LogP contribution in [0.25, 0.3) is 10.8 Å². The molecule has 1 atom stereocenters. The van der Waals surface area contributed by atoms with Crippen molar-refractivity contribution < 1.29 is 38.4 Å². The molecule has 1 heterocycles. The van der Waals surface area contributed by atoms with Gasteiger partial charge < -0.3 is 29.4 Å². The number of ketones is 1. The highest BCUT2D eigenvalue weighted by atomic mass is 16.7. The van der Waals surface area contributed by atoms with E-state index in [-0.39, 0.29) is 29.4 Å². The molecule has 1 aliphatic carbocycles. The van der Waals surface area contributed by atoms with Gasteiger partial charge in [0.15, 0.2) is 5.78 Å². The Morgan fingerprint density at radius 2 is 1.75 bits per heavy atom. The molecule has 0 radical (unpaired) electrons. The van der Waals surface area contributed by atoms with Crippen molar-refractivity contribution in [3.8, 4) is 23.0 Å². The molecule has 0 aromatic heterocycles. The fourth-order valence-corrected chi connectivity index (χ4v) is 4.16. The number of ether oxygens (including phenoxy) is 4. The van der Waals surface area contributed by atoms with Gasteiger partial charge in [-0.2, -0.15) is 0 Å². The van der Waals surface area contributed by atoms with Crippen LogP contribution in [0.3, 0.4) is 0 Å². The van der Waals surface area contributed by atoms with Gasteiger partial charge in [-0.1, -0.05) is 18.2 Å². The molecule has 5 rings (SSSR count). The number of nitrogens with one attached hydrogen (secondary N) is 1. The fourth-order valence-electron chi connectivity index (χ4n) is 4.16. The van der Waals surface area contributed by atoms with Gasteiger partial charge >= 0.3 is 12.1 Å². The number of hydrogen-bond acceptors (Lipinski definition) is 8. The molecular formula is C27H23NO8. The van der Waals surface area contributed by atoms with Gasteiger partial charge in [-0.3, -0.25) is 4.79 Å². The predicted octanol–water partition coefficient (Wildman–Crippen LogP) is 4.35. The highest BCUT2D eigenvalue weighted by molar-refractivity contribution is 6.09. The Balaban J connectivity index is 1.43. The molecule has 3 aromatic carbocycles. The molecule has 1 amide bonds. The van der Waals surface area contributed by atoms with E-state index in [2.05, 4.69) is 5.32 Å². The zero-order chi connectivity index (χ0) is 25.7. The number of benzene rings is 3. The molecule has 2 N–H and O–H groups in total. The summed E-state index contributed by atoms with van der Waals surface area (Å²) in [7, 11) is 0. The van der Waals surface area contributed by atoms with Crippen molar-refractivity contribution in [3.05, 3.63) is 71.8 Å². The fraction of sp³-hybridized carbons (Fsp3) is 0.222. The third-order valence-electron chi connectivity index (χ3n) is 5.57. The standard InChI is InChI=1S/C27H23NO8/c1-26(2,3)36-25(32)28-14-22(31)33-19-10-11-21-23-15(19)6-4-9-20(23)34-27(35-21)13-12-18(30)24-16(27)7-5-8-17(24)29/h4-13,29H,14H2,1-3H3,(H,28,32). The van der Waals surface area contributed by atoms with E-state index in [0.717, 1.165) is 0 Å². The summed E-state index contributed by atoms with van der Waals surface area (Å²) in [6, 6.07) is 13.1. The largest absolute Gasteiger partial charge is 0.507 e. The van der Waals surface area contributed by atoms with Gasteiger partial charge in [0, 0.05) is 11.5 Å². The van der Waals surface area contributed by atoms with Crippen molar-refractivity contribution in [2.45, 2.75) is 32.2 Å². The van der Waals surface area contributed by atoms with Gasteiger partial charge in [0.05, 0.1) is 16.5 Å². The number of allylic oxidation sites excluding steroid dienone is 1. The summed E-state index contributed by atoms with van der Waals surface area (Å²) < 4.78 is 23.1. The topological polar surface area (TPSA) is 120 Å². The molecule has 0 saturated carbocycles. The Hall–Kier alpha value is -4.53. The second-order valence-corrected chi connectivity index (χ2v) is 9.34. The van der Waals surface area contributed by atoms with Crippen LogP contribution in [0.15, 0.2) is 60.7 Å². The second-order valence-electron chi connectivity index (χ2n) is 9.34. The minimum absolute atomic E-state index is 0.110. The molecule has 9 nitrogen and oxygen atoms in total. The number of aromatic hydroxyl groups is 1. The van der Waals surface area contributed by atoms with Crippen LogP contribution >= 0.6 is 0 Å². The van der Waals surface area contributed by atoms with Gasteiger partial charge in [-0.25, -0.2) is 9.59 Å². The lowest BCUT2D eigenvalue weighted by Crippen LogP contribution is -2.42. The molecule has 3 aromatic rings. The molecule has 1 aliphatic heterocycles. The molecule has 1 spiro atoms. The number of alkyl carbamates (subject to hydrolysis) is 1. The van der Waals surface area contributed by atoms with E-state index in [1.807, 2.05) is 0 Å². The first kappa shape index (κ1) is 23.2. The maximum Gasteiger partial charge on any atom is 0.408 e. The Labute approximate surface area is 206 Å². The Morgan fingerprint density at radius 1 is 1.03 bits per heavy atom. The summed E-state index contributed by atoms with van der Waals surface area (Å²) in [6.07, 6.45) is 2.09. The molecule has 0 fully saturated rings. The van der Waals surface area contributed by atoms with Crippen LogP contribution in [0.5, 0.6) is 23.0 Å². The van der Waals surface area contributed by atoms with Crippen molar-refractivity contribution in [3.63, 3.8) is 0 Å². The van der Waals surface area contributed by atoms with Crippen molar-refractivity contribution in [2.24, 2.45) is 0 Å². The molecule has 0 bridgehead atoms. The summed E-state index contributed by atoms with van der Waals surface area (Å²) in [5.41, 5.74) is -0.207. The van der Waals surface area contributed by atoms with Crippen molar-refractivity contribution in [1.82, 2.24) is 5.32 Å². The van der Waals surface area contributed by atoms with Crippen LogP contribution < -0.4 is 19.5 Å². The van der Waals surface area contributed by atoms with Crippen LogP contribution in [0.1, 0.15) is 36.7 Å². The SMILES string of the molecule is CC(C)(C)OC(=O)NCC(=O)Oc1ccc2c3c(cccc13)OC1(C=CC(=O)c3c(O)cccc31)O2. The number of carbonyl (C=O) groups excluding carboxylic acids is 3. The molecule has 36 heavy (non-hydrogen) atoms. The van der Waals surface area contributed by atoms with E-state index in [9.17, 15) is 19.5 Å². The summed E-state index contributed by atoms with van der Waals surface area (Å²) in [6.45, 7) is 4.78. The predicted molar refractivity (Wildman–Crippen MR) is 128 cm³/mol. The van der Waals surface area contributed by atoms with Gasteiger partial charge in [0.2, 0.25) is 0 Å². The Morgan fingerprint density at radius 3 is 2.50 bits per heavy atom. The molecule has 2 aliphatic rings. The molecule has 184 valence electrons. The summed E-state index contributed by atoms with van der Waals surface area (Å²) in [4.78, 5) is 36.7. The van der Waals surface area contributed by atoms with Crippen LogP contribution in [-0.2, 0) is 15.3 Å². The smallest absolute Gasteiger partial charge is 0.408 e. The number of phenolic OH excluding ortho intramolecular Hbond substituents is 1. The molecule has 0 saturated heterocycles. The average molecular weight is 489 g/mol. The van der Waals surface area contributed by atoms with Crippen molar-refractivity contribution in [2.75, 3.05) is 6.54 Å². The monoisotopic (exact) mass is 489 g/mol. The van der Waals surface area contributed by atoms with Gasteiger partial charge in [0.25, 0.3) is 5.79 Å². The summed E-state index contributed by atoms with van der Waals surface area (Å²) in [5, 5.41) is 13.8. The normalized spacial score (nSPS) is 17.7. The zero-order valence-corrected chi connectivity index (χ0v) is 19.8. The first-order valence-corrected chi connectivity index (χ1v) is 11.2. The average Bonchev–Trinajstić information content (AvgIpc) is 2.81. The van der Waals surface area contributed by atoms with Crippen molar-refractivity contribution in [1.29, 1.82) is 0 Å². The third-order valence-corrected chi connectivity index (χ3v) is 5.57. The number of hydrogen-bond donors (Lipinski definition) is 2. The van der Waals surface area contributed by atoms with Crippen LogP contribution in [-0.4, -0.2) is 35.1 Å². The number of amides is 1. The number of carbonyl (C=O) groups is 3. The highest BCUT2D eigenvalue weighted by Crippen LogP contribution is 2.50. The van der Waals surface area contributed by atoms with Gasteiger partial charge in [-0.15, -0.1) is 0 Å². The van der Waals surface area contributed by atoms with Crippen LogP contribution in [0.4, 0.5) is 4.79 Å². The summed E-state index contributed by atoms with van der Waals surface area (Å²) in [5.74, 6) is -1.54. The molecule has 1 unspecified atom stereocenters. The number of rotatable bonds is 3. The highest BCUT2D eigenvalue weighted by Gasteiger charge is 2.45. The lowest BCUT2D eigenvalue weighted by molar-refractivity contribution is -0.133. The van der Waals surface area contributed by atoms with Crippen LogP contribution in [0, 0.1) is 0 Å². The third kappa shape index (κ3) is 4.08. The second kappa shape index (κ2) is 8.30. The first-order chi connectivity index (χ1) is 17.1. The molecule has 9 heteroatoms. The quantitative estimate of drug-likeness (QED) is 0.412. The van der Waals surface area contributed by atoms with E-state index in [4.69, 9.17) is 18.9 Å². The lowest BCUT2D eigenvalue weighted by atomic mass is 9.89. The first-order valence-electron chi connectivity index (χ1n) is 11.2. The number of fused-ring (bicyclic) bond motifs is 2. The maximum atomic E-state index is 12.4. The van der Waals surface area contributed by atoms with E-state index in [0.29, 0.717) is 27.8 Å². The van der Waals surface area contributed by atoms with Crippen LogP contribution in [0.2, 0.25) is 0 Å². The van der Waals surface area contributed by atoms with E-state index in [1.54, 1.807) is 63.2 Å².